The van der Waals surface area contributed by atoms with Crippen molar-refractivity contribution in [3.05, 3.63) is 27.7 Å². The summed E-state index contributed by atoms with van der Waals surface area (Å²) in [6, 6.07) is 1.89. The second-order valence-corrected chi connectivity index (χ2v) is 5.65. The molecule has 94 valence electrons. The molecule has 4 nitrogen and oxygen atoms in total. The highest BCUT2D eigenvalue weighted by atomic mass is 35.5. The van der Waals surface area contributed by atoms with Crippen molar-refractivity contribution < 1.29 is 0 Å². The van der Waals surface area contributed by atoms with Gasteiger partial charge in [-0.15, -0.1) is 11.3 Å². The van der Waals surface area contributed by atoms with E-state index in [-0.39, 0.29) is 0 Å². The second-order valence-electron chi connectivity index (χ2n) is 4.30. The van der Waals surface area contributed by atoms with Crippen molar-refractivity contribution in [2.24, 2.45) is 5.84 Å². The Labute approximate surface area is 114 Å². The minimum Gasteiger partial charge on any atom is -0.308 e. The monoisotopic (exact) mass is 280 g/mol. The van der Waals surface area contributed by atoms with Crippen LogP contribution >= 0.6 is 22.9 Å². The Hall–Kier alpha value is -1.17. The number of halogens is 1. The smallest absolute Gasteiger partial charge is 0.171 e. The highest BCUT2D eigenvalue weighted by molar-refractivity contribution is 7.14. The van der Waals surface area contributed by atoms with Crippen LogP contribution < -0.4 is 11.3 Å². The molecule has 0 aromatic carbocycles. The first kappa shape index (κ1) is 11.9. The number of hydrazine groups is 1. The zero-order valence-corrected chi connectivity index (χ0v) is 11.3. The molecule has 2 aromatic heterocycles. The first-order chi connectivity index (χ1) is 8.78. The normalized spacial score (nSPS) is 14.3. The van der Waals surface area contributed by atoms with Gasteiger partial charge in [-0.25, -0.2) is 15.8 Å². The zero-order chi connectivity index (χ0) is 12.5. The van der Waals surface area contributed by atoms with Gasteiger partial charge in [0.25, 0.3) is 0 Å². The highest BCUT2D eigenvalue weighted by Crippen LogP contribution is 2.31. The van der Waals surface area contributed by atoms with Gasteiger partial charge in [0.15, 0.2) is 5.82 Å². The molecular formula is C12H13ClN4S. The van der Waals surface area contributed by atoms with Crippen LogP contribution in [0.1, 0.15) is 24.1 Å². The lowest BCUT2D eigenvalue weighted by Crippen LogP contribution is -2.16. The number of aromatic nitrogens is 2. The quantitative estimate of drug-likeness (QED) is 0.656. The van der Waals surface area contributed by atoms with Gasteiger partial charge in [-0.3, -0.25) is 0 Å². The predicted octanol–water partition coefficient (Wildman–Crippen LogP) is 3.02. The first-order valence-corrected chi connectivity index (χ1v) is 7.14. The maximum absolute atomic E-state index is 5.94. The highest BCUT2D eigenvalue weighted by Gasteiger charge is 2.18. The summed E-state index contributed by atoms with van der Waals surface area (Å²) in [6.45, 7) is 0. The Bertz CT molecular complexity index is 564. The fourth-order valence-electron chi connectivity index (χ4n) is 2.25. The number of anilines is 1. The maximum atomic E-state index is 5.94. The largest absolute Gasteiger partial charge is 0.308 e. The van der Waals surface area contributed by atoms with Crippen LogP contribution in [0.25, 0.3) is 10.7 Å². The molecule has 1 aliphatic carbocycles. The van der Waals surface area contributed by atoms with E-state index in [9.17, 15) is 0 Å². The molecule has 2 aromatic rings. The summed E-state index contributed by atoms with van der Waals surface area (Å²) in [5, 5.41) is 2.61. The van der Waals surface area contributed by atoms with Crippen molar-refractivity contribution in [1.82, 2.24) is 9.97 Å². The summed E-state index contributed by atoms with van der Waals surface area (Å²) in [5.74, 6) is 7.02. The van der Waals surface area contributed by atoms with Crippen LogP contribution in [0.4, 0.5) is 5.82 Å². The van der Waals surface area contributed by atoms with Gasteiger partial charge in [0.05, 0.1) is 9.90 Å². The van der Waals surface area contributed by atoms with E-state index in [2.05, 4.69) is 15.4 Å². The number of nitrogens with zero attached hydrogens (tertiary/aromatic N) is 2. The fraction of sp³-hybridized carbons (Fsp3) is 0.333. The van der Waals surface area contributed by atoms with Crippen molar-refractivity contribution in [1.29, 1.82) is 0 Å². The molecule has 3 N–H and O–H groups in total. The summed E-state index contributed by atoms with van der Waals surface area (Å²) in [6.07, 6.45) is 4.35. The van der Waals surface area contributed by atoms with Crippen molar-refractivity contribution in [3.63, 3.8) is 0 Å². The third-order valence-electron chi connectivity index (χ3n) is 3.11. The molecule has 0 aliphatic heterocycles. The number of nitrogen functional groups attached to an aromatic ring is 1. The number of hydrogen-bond acceptors (Lipinski definition) is 5. The SMILES string of the molecule is NNc1nc(-c2cc(Cl)cs2)nc2c1CCCC2. The number of hydrogen-bond donors (Lipinski definition) is 2. The average Bonchev–Trinajstić information content (AvgIpc) is 2.84. The lowest BCUT2D eigenvalue weighted by atomic mass is 9.96. The van der Waals surface area contributed by atoms with Gasteiger partial charge in [-0.1, -0.05) is 11.6 Å². The summed E-state index contributed by atoms with van der Waals surface area (Å²) >= 11 is 7.49. The van der Waals surface area contributed by atoms with Crippen molar-refractivity contribution in [3.8, 4) is 10.7 Å². The minimum absolute atomic E-state index is 0.709. The Kier molecular flexibility index (Phi) is 3.20. The second kappa shape index (κ2) is 4.84. The van der Waals surface area contributed by atoms with Crippen LogP contribution in [0.15, 0.2) is 11.4 Å². The van der Waals surface area contributed by atoms with Gasteiger partial charge in [0.1, 0.15) is 5.82 Å². The molecule has 0 unspecified atom stereocenters. The molecule has 18 heavy (non-hydrogen) atoms. The number of aryl methyl sites for hydroxylation is 1. The van der Waals surface area contributed by atoms with Crippen molar-refractivity contribution in [2.75, 3.05) is 5.43 Å². The molecule has 0 saturated heterocycles. The Morgan fingerprint density at radius 2 is 2.11 bits per heavy atom. The minimum atomic E-state index is 0.709. The van der Waals surface area contributed by atoms with Gasteiger partial charge in [0, 0.05) is 16.6 Å². The van der Waals surface area contributed by atoms with Gasteiger partial charge in [-0.05, 0) is 31.7 Å². The van der Waals surface area contributed by atoms with E-state index < -0.39 is 0 Å². The standard InChI is InChI=1S/C12H13ClN4S/c13-7-5-10(18-6-7)12-15-9-4-2-1-3-8(9)11(16-12)17-14/h5-6H,1-4,14H2,(H,15,16,17). The molecular weight excluding hydrogens is 268 g/mol. The number of thiophene rings is 1. The Morgan fingerprint density at radius 1 is 1.28 bits per heavy atom. The molecule has 2 heterocycles. The van der Waals surface area contributed by atoms with Gasteiger partial charge in [-0.2, -0.15) is 0 Å². The number of nitrogens with one attached hydrogen (secondary N) is 1. The first-order valence-electron chi connectivity index (χ1n) is 5.89. The number of nitrogens with two attached hydrogens (primary N) is 1. The molecule has 6 heteroatoms. The topological polar surface area (TPSA) is 63.8 Å². The molecule has 0 atom stereocenters. The predicted molar refractivity (Wildman–Crippen MR) is 74.8 cm³/mol. The van der Waals surface area contributed by atoms with E-state index in [0.717, 1.165) is 39.8 Å². The number of rotatable bonds is 2. The molecule has 0 amide bonds. The zero-order valence-electron chi connectivity index (χ0n) is 9.74. The molecule has 0 spiro atoms. The summed E-state index contributed by atoms with van der Waals surface area (Å²) in [7, 11) is 0. The lowest BCUT2D eigenvalue weighted by Gasteiger charge is -2.18. The number of fused-ring (bicyclic) bond motifs is 1. The Morgan fingerprint density at radius 3 is 2.83 bits per heavy atom. The van der Waals surface area contributed by atoms with Crippen LogP contribution in [0.5, 0.6) is 0 Å². The third kappa shape index (κ3) is 2.09. The van der Waals surface area contributed by atoms with E-state index in [1.54, 1.807) is 11.3 Å². The van der Waals surface area contributed by atoms with Crippen LogP contribution in [0.3, 0.4) is 0 Å². The van der Waals surface area contributed by atoms with Gasteiger partial charge < -0.3 is 5.43 Å². The third-order valence-corrected chi connectivity index (χ3v) is 4.38. The molecule has 1 aliphatic rings. The van der Waals surface area contributed by atoms with Gasteiger partial charge >= 0.3 is 0 Å². The van der Waals surface area contributed by atoms with Crippen LogP contribution in [-0.4, -0.2) is 9.97 Å². The summed E-state index contributed by atoms with van der Waals surface area (Å²) in [4.78, 5) is 10.1. The van der Waals surface area contributed by atoms with Gasteiger partial charge in [0.2, 0.25) is 0 Å². The van der Waals surface area contributed by atoms with E-state index in [4.69, 9.17) is 17.4 Å². The average molecular weight is 281 g/mol. The molecule has 0 saturated carbocycles. The summed E-state index contributed by atoms with van der Waals surface area (Å²) in [5.41, 5.74) is 4.97. The van der Waals surface area contributed by atoms with Crippen LogP contribution in [0, 0.1) is 0 Å². The van der Waals surface area contributed by atoms with Crippen LogP contribution in [-0.2, 0) is 12.8 Å². The van der Waals surface area contributed by atoms with Crippen molar-refractivity contribution in [2.45, 2.75) is 25.7 Å². The van der Waals surface area contributed by atoms with E-state index in [1.165, 1.54) is 12.8 Å². The van der Waals surface area contributed by atoms with E-state index in [0.29, 0.717) is 5.82 Å². The Balaban J connectivity index is 2.11. The summed E-state index contributed by atoms with van der Waals surface area (Å²) < 4.78 is 0. The maximum Gasteiger partial charge on any atom is 0.171 e. The van der Waals surface area contributed by atoms with Crippen molar-refractivity contribution >= 4 is 28.8 Å². The molecule has 0 fully saturated rings. The van der Waals surface area contributed by atoms with Crippen LogP contribution in [0.2, 0.25) is 5.02 Å². The van der Waals surface area contributed by atoms with E-state index >= 15 is 0 Å². The molecule has 3 rings (SSSR count). The van der Waals surface area contributed by atoms with E-state index in [1.807, 2.05) is 11.4 Å². The molecule has 0 bridgehead atoms. The lowest BCUT2D eigenvalue weighted by molar-refractivity contribution is 0.665. The molecule has 0 radical (unpaired) electrons. The fourth-order valence-corrected chi connectivity index (χ4v) is 3.26.